The minimum absolute atomic E-state index is 0.270. The maximum Gasteiger partial charge on any atom is 0.348 e. The first-order valence-electron chi connectivity index (χ1n) is 7.51. The van der Waals surface area contributed by atoms with Crippen LogP contribution in [0.2, 0.25) is 0 Å². The van der Waals surface area contributed by atoms with Crippen molar-refractivity contribution in [1.29, 1.82) is 0 Å². The number of nitrogens with one attached hydrogen (secondary N) is 2. The number of aromatic nitrogens is 3. The lowest BCUT2D eigenvalue weighted by molar-refractivity contribution is -0.0948. The van der Waals surface area contributed by atoms with Gasteiger partial charge in [-0.05, 0) is 6.92 Å². The van der Waals surface area contributed by atoms with Crippen molar-refractivity contribution in [3.8, 4) is 0 Å². The van der Waals surface area contributed by atoms with E-state index in [1.807, 2.05) is 0 Å². The van der Waals surface area contributed by atoms with Gasteiger partial charge in [0, 0.05) is 12.4 Å². The number of anilines is 1. The minimum atomic E-state index is -1.68. The summed E-state index contributed by atoms with van der Waals surface area (Å²) in [6.45, 7) is 1.41. The summed E-state index contributed by atoms with van der Waals surface area (Å²) in [6, 6.07) is 0. The van der Waals surface area contributed by atoms with Gasteiger partial charge >= 0.3 is 5.69 Å². The van der Waals surface area contributed by atoms with E-state index in [1.54, 1.807) is 12.4 Å². The average molecular weight is 335 g/mol. The summed E-state index contributed by atoms with van der Waals surface area (Å²) in [5, 5.41) is 33.8. The molecule has 0 bridgehead atoms. The van der Waals surface area contributed by atoms with Gasteiger partial charge in [0.1, 0.15) is 23.6 Å². The van der Waals surface area contributed by atoms with Gasteiger partial charge in [0.25, 0.3) is 0 Å². The van der Waals surface area contributed by atoms with Crippen molar-refractivity contribution in [3.05, 3.63) is 16.7 Å². The van der Waals surface area contributed by atoms with Crippen LogP contribution in [0.25, 0.3) is 11.0 Å². The minimum Gasteiger partial charge on any atom is -0.394 e. The Balaban J connectivity index is 1.95. The summed E-state index contributed by atoms with van der Waals surface area (Å²) in [5.41, 5.74) is -1.42. The Labute approximate surface area is 135 Å². The molecule has 0 amide bonds. The molecule has 2 aromatic heterocycles. The van der Waals surface area contributed by atoms with Crippen LogP contribution in [0.5, 0.6) is 0 Å². The highest BCUT2D eigenvalue weighted by Gasteiger charge is 2.53. The topological polar surface area (TPSA) is 145 Å². The number of nitrogens with zero attached hydrogens (tertiary/aromatic N) is 3. The van der Waals surface area contributed by atoms with Gasteiger partial charge in [-0.25, -0.2) is 4.79 Å². The first kappa shape index (κ1) is 15.3. The van der Waals surface area contributed by atoms with Crippen molar-refractivity contribution in [3.63, 3.8) is 0 Å². The molecule has 128 valence electrons. The molecular formula is C14H17N5O5. The summed E-state index contributed by atoms with van der Waals surface area (Å²) in [7, 11) is 0. The van der Waals surface area contributed by atoms with Gasteiger partial charge in [-0.1, -0.05) is 0 Å². The fourth-order valence-corrected chi connectivity index (χ4v) is 3.24. The Morgan fingerprint density at radius 1 is 1.54 bits per heavy atom. The fourth-order valence-electron chi connectivity index (χ4n) is 3.24. The third kappa shape index (κ3) is 2.01. The first-order chi connectivity index (χ1) is 11.4. The molecule has 10 heteroatoms. The summed E-state index contributed by atoms with van der Waals surface area (Å²) < 4.78 is 7.07. The van der Waals surface area contributed by atoms with E-state index in [2.05, 4.69) is 20.3 Å². The van der Waals surface area contributed by atoms with Crippen LogP contribution in [0.4, 0.5) is 11.5 Å². The zero-order valence-corrected chi connectivity index (χ0v) is 12.8. The summed E-state index contributed by atoms with van der Waals surface area (Å²) >= 11 is 0. The molecule has 4 atom stereocenters. The van der Waals surface area contributed by atoms with E-state index >= 15 is 0 Å². The number of ether oxygens (including phenoxy) is 1. The maximum absolute atomic E-state index is 11.9. The predicted octanol–water partition coefficient (Wildman–Crippen LogP) is -1.15. The number of aliphatic imine (C=N–C) groups is 1. The molecule has 24 heavy (non-hydrogen) atoms. The largest absolute Gasteiger partial charge is 0.394 e. The molecule has 10 nitrogen and oxygen atoms in total. The Morgan fingerprint density at radius 3 is 3.04 bits per heavy atom. The number of H-pyrrole nitrogens is 1. The van der Waals surface area contributed by atoms with Gasteiger partial charge in [-0.2, -0.15) is 4.98 Å². The van der Waals surface area contributed by atoms with Crippen LogP contribution < -0.4 is 11.0 Å². The molecule has 5 N–H and O–H groups in total. The molecule has 0 spiro atoms. The highest BCUT2D eigenvalue weighted by atomic mass is 16.6. The molecule has 0 aliphatic carbocycles. The van der Waals surface area contributed by atoms with Crippen molar-refractivity contribution in [2.45, 2.75) is 31.0 Å². The molecule has 1 saturated heterocycles. The fraction of sp³-hybridized carbons (Fsp3) is 0.500. The van der Waals surface area contributed by atoms with Gasteiger partial charge in [0.15, 0.2) is 11.9 Å². The van der Waals surface area contributed by atoms with E-state index in [4.69, 9.17) is 4.74 Å². The molecule has 0 saturated carbocycles. The molecule has 4 heterocycles. The van der Waals surface area contributed by atoms with Crippen LogP contribution in [0.15, 0.2) is 16.0 Å². The molecule has 1 fully saturated rings. The Bertz CT molecular complexity index is 886. The van der Waals surface area contributed by atoms with Crippen molar-refractivity contribution in [2.75, 3.05) is 18.5 Å². The monoisotopic (exact) mass is 335 g/mol. The van der Waals surface area contributed by atoms with Gasteiger partial charge in [-0.15, -0.1) is 0 Å². The number of hydrogen-bond acceptors (Lipinski definition) is 8. The second kappa shape index (κ2) is 5.11. The molecule has 2 aromatic rings. The SMILES string of the molecule is C[C@@]1(O)[C@H](O)[C@@H](CO)O[C@H]1n1cc2c3c([nH]c(=O)nc31)NCC=N2. The Hall–Kier alpha value is -2.27. The quantitative estimate of drug-likeness (QED) is 0.466. The zero-order chi connectivity index (χ0) is 17.1. The van der Waals surface area contributed by atoms with E-state index in [1.165, 1.54) is 11.5 Å². The highest BCUT2D eigenvalue weighted by Crippen LogP contribution is 2.42. The van der Waals surface area contributed by atoms with Gasteiger partial charge in [0.05, 0.1) is 24.2 Å². The third-order valence-corrected chi connectivity index (χ3v) is 4.46. The molecular weight excluding hydrogens is 318 g/mol. The Kier molecular flexibility index (Phi) is 3.25. The lowest BCUT2D eigenvalue weighted by Gasteiger charge is -2.27. The standard InChI is InChI=1S/C14H17N5O5/c1-14(23)9(21)7(5-20)24-12(14)19-4-6-8-10(16-3-2-15-6)17-13(22)18-11(8)19/h2,4,7,9,12,20-21,23H,3,5H2,1H3,(H2,16,17,18,22)/t7-,9-,12-,14-/m1/s1. The van der Waals surface area contributed by atoms with E-state index in [0.717, 1.165) is 0 Å². The van der Waals surface area contributed by atoms with Gasteiger partial charge in [0.2, 0.25) is 0 Å². The molecule has 4 rings (SSSR count). The van der Waals surface area contributed by atoms with Crippen molar-refractivity contribution in [2.24, 2.45) is 4.99 Å². The molecule has 2 aliphatic heterocycles. The number of rotatable bonds is 2. The Morgan fingerprint density at radius 2 is 2.33 bits per heavy atom. The lowest BCUT2D eigenvalue weighted by atomic mass is 9.96. The second-order valence-corrected chi connectivity index (χ2v) is 6.11. The van der Waals surface area contributed by atoms with Crippen LogP contribution in [-0.4, -0.2) is 67.0 Å². The molecule has 0 unspecified atom stereocenters. The van der Waals surface area contributed by atoms with Crippen LogP contribution in [0.1, 0.15) is 13.2 Å². The highest BCUT2D eigenvalue weighted by molar-refractivity contribution is 6.00. The zero-order valence-electron chi connectivity index (χ0n) is 12.8. The number of aromatic amines is 1. The summed E-state index contributed by atoms with van der Waals surface area (Å²) in [5.74, 6) is 0.480. The van der Waals surface area contributed by atoms with Crippen molar-refractivity contribution < 1.29 is 20.1 Å². The molecule has 2 aliphatic rings. The summed E-state index contributed by atoms with van der Waals surface area (Å²) in [6.07, 6.45) is -0.0102. The van der Waals surface area contributed by atoms with E-state index in [-0.39, 0.29) is 5.65 Å². The number of hydrogen-bond donors (Lipinski definition) is 5. The van der Waals surface area contributed by atoms with E-state index in [0.29, 0.717) is 23.4 Å². The lowest BCUT2D eigenvalue weighted by Crippen LogP contribution is -2.44. The van der Waals surface area contributed by atoms with Gasteiger partial charge < -0.3 is 29.9 Å². The predicted molar refractivity (Wildman–Crippen MR) is 84.6 cm³/mol. The van der Waals surface area contributed by atoms with E-state index in [9.17, 15) is 20.1 Å². The van der Waals surface area contributed by atoms with Crippen LogP contribution in [0, 0.1) is 0 Å². The summed E-state index contributed by atoms with van der Waals surface area (Å²) in [4.78, 5) is 22.8. The number of aliphatic hydroxyl groups is 3. The van der Waals surface area contributed by atoms with Crippen LogP contribution in [0.3, 0.4) is 0 Å². The van der Waals surface area contributed by atoms with Crippen LogP contribution in [-0.2, 0) is 4.74 Å². The van der Waals surface area contributed by atoms with E-state index < -0.39 is 36.3 Å². The second-order valence-electron chi connectivity index (χ2n) is 6.11. The first-order valence-corrected chi connectivity index (χ1v) is 7.51. The van der Waals surface area contributed by atoms with Crippen molar-refractivity contribution >= 4 is 28.8 Å². The smallest absolute Gasteiger partial charge is 0.348 e. The third-order valence-electron chi connectivity index (χ3n) is 4.46. The van der Waals surface area contributed by atoms with Crippen LogP contribution >= 0.6 is 0 Å². The maximum atomic E-state index is 11.9. The molecule has 0 radical (unpaired) electrons. The average Bonchev–Trinajstić information content (AvgIpc) is 2.89. The normalized spacial score (nSPS) is 32.1. The number of aliphatic hydroxyl groups excluding tert-OH is 2. The molecule has 0 aromatic carbocycles. The van der Waals surface area contributed by atoms with Crippen molar-refractivity contribution in [1.82, 2.24) is 14.5 Å². The van der Waals surface area contributed by atoms with Gasteiger partial charge in [-0.3, -0.25) is 9.98 Å².